The van der Waals surface area contributed by atoms with Crippen LogP contribution in [0.2, 0.25) is 0 Å². The van der Waals surface area contributed by atoms with E-state index in [9.17, 15) is 4.79 Å². The van der Waals surface area contributed by atoms with Crippen molar-refractivity contribution in [1.29, 1.82) is 0 Å². The second-order valence-corrected chi connectivity index (χ2v) is 6.46. The van der Waals surface area contributed by atoms with E-state index in [-0.39, 0.29) is 5.91 Å². The second kappa shape index (κ2) is 5.57. The normalized spacial score (nSPS) is 15.4. The summed E-state index contributed by atoms with van der Waals surface area (Å²) in [6.07, 6.45) is 5.39. The number of benzene rings is 1. The van der Waals surface area contributed by atoms with Crippen molar-refractivity contribution in [1.82, 2.24) is 14.3 Å². The maximum absolute atomic E-state index is 12.9. The van der Waals surface area contributed by atoms with Crippen LogP contribution in [0.3, 0.4) is 0 Å². The van der Waals surface area contributed by atoms with E-state index in [4.69, 9.17) is 0 Å². The van der Waals surface area contributed by atoms with Gasteiger partial charge in [-0.2, -0.15) is 0 Å². The zero-order valence-electron chi connectivity index (χ0n) is 12.2. The molecule has 0 unspecified atom stereocenters. The number of carbonyl (C=O) groups excluding carboxylic acids is 1. The third kappa shape index (κ3) is 2.22. The summed E-state index contributed by atoms with van der Waals surface area (Å²) in [5.74, 6) is 0.0643. The highest BCUT2D eigenvalue weighted by Crippen LogP contribution is 2.28. The highest BCUT2D eigenvalue weighted by molar-refractivity contribution is 7.15. The minimum Gasteiger partial charge on any atom is -0.337 e. The van der Waals surface area contributed by atoms with Crippen molar-refractivity contribution in [2.24, 2.45) is 0 Å². The predicted molar refractivity (Wildman–Crippen MR) is 88.3 cm³/mol. The van der Waals surface area contributed by atoms with E-state index in [1.165, 1.54) is 6.42 Å². The molecule has 0 aliphatic carbocycles. The van der Waals surface area contributed by atoms with Crippen LogP contribution in [0.25, 0.3) is 16.2 Å². The highest BCUT2D eigenvalue weighted by atomic mass is 32.1. The lowest BCUT2D eigenvalue weighted by atomic mass is 10.1. The van der Waals surface area contributed by atoms with Crippen molar-refractivity contribution in [2.75, 3.05) is 13.1 Å². The molecule has 0 bridgehead atoms. The first-order chi connectivity index (χ1) is 10.8. The number of nitrogens with zero attached hydrogens (tertiary/aromatic N) is 3. The molecule has 1 aliphatic heterocycles. The molecule has 0 atom stereocenters. The molecule has 0 saturated carbocycles. The van der Waals surface area contributed by atoms with Gasteiger partial charge in [-0.25, -0.2) is 4.98 Å². The number of thiazole rings is 1. The van der Waals surface area contributed by atoms with E-state index in [1.807, 2.05) is 51.2 Å². The van der Waals surface area contributed by atoms with Gasteiger partial charge in [0.1, 0.15) is 0 Å². The lowest BCUT2D eigenvalue weighted by molar-refractivity contribution is 0.0720. The van der Waals surface area contributed by atoms with Gasteiger partial charge in [0.25, 0.3) is 5.91 Å². The lowest BCUT2D eigenvalue weighted by Crippen LogP contribution is -2.36. The number of piperidine rings is 1. The van der Waals surface area contributed by atoms with Crippen molar-refractivity contribution in [3.8, 4) is 11.3 Å². The third-order valence-corrected chi connectivity index (χ3v) is 4.91. The van der Waals surface area contributed by atoms with Crippen LogP contribution in [0, 0.1) is 0 Å². The van der Waals surface area contributed by atoms with Crippen LogP contribution in [0.15, 0.2) is 41.9 Å². The van der Waals surface area contributed by atoms with E-state index in [0.717, 1.165) is 42.1 Å². The number of imidazole rings is 1. The molecule has 0 N–H and O–H groups in total. The van der Waals surface area contributed by atoms with E-state index in [0.29, 0.717) is 5.69 Å². The van der Waals surface area contributed by atoms with Crippen molar-refractivity contribution in [3.63, 3.8) is 0 Å². The van der Waals surface area contributed by atoms with Gasteiger partial charge in [0.2, 0.25) is 0 Å². The summed E-state index contributed by atoms with van der Waals surface area (Å²) in [5.41, 5.74) is 2.53. The second-order valence-electron chi connectivity index (χ2n) is 5.58. The molecule has 1 amide bonds. The van der Waals surface area contributed by atoms with Gasteiger partial charge in [-0.15, -0.1) is 11.3 Å². The largest absolute Gasteiger partial charge is 0.337 e. The Hall–Kier alpha value is -2.14. The van der Waals surface area contributed by atoms with Crippen LogP contribution in [-0.2, 0) is 0 Å². The number of carbonyl (C=O) groups is 1. The molecular weight excluding hydrogens is 294 g/mol. The van der Waals surface area contributed by atoms with E-state index in [1.54, 1.807) is 11.3 Å². The molecule has 1 fully saturated rings. The molecule has 5 heteroatoms. The fourth-order valence-electron chi connectivity index (χ4n) is 3.05. The maximum atomic E-state index is 12.9. The summed E-state index contributed by atoms with van der Waals surface area (Å²) in [6.45, 7) is 1.69. The Morgan fingerprint density at radius 1 is 1.09 bits per heavy atom. The Bertz CT molecular complexity index is 800. The number of hydrogen-bond acceptors (Lipinski definition) is 3. The van der Waals surface area contributed by atoms with Crippen molar-refractivity contribution in [3.05, 3.63) is 47.6 Å². The van der Waals surface area contributed by atoms with Crippen LogP contribution in [0.4, 0.5) is 0 Å². The van der Waals surface area contributed by atoms with Crippen LogP contribution in [-0.4, -0.2) is 33.3 Å². The topological polar surface area (TPSA) is 37.6 Å². The zero-order chi connectivity index (χ0) is 14.9. The summed E-state index contributed by atoms with van der Waals surface area (Å²) in [5, 5.41) is 2.00. The first-order valence-corrected chi connectivity index (χ1v) is 8.53. The van der Waals surface area contributed by atoms with Gasteiger partial charge in [0.15, 0.2) is 10.7 Å². The van der Waals surface area contributed by atoms with Gasteiger partial charge in [-0.1, -0.05) is 30.3 Å². The molecule has 22 heavy (non-hydrogen) atoms. The molecule has 1 saturated heterocycles. The smallest absolute Gasteiger partial charge is 0.274 e. The number of amides is 1. The quantitative estimate of drug-likeness (QED) is 0.724. The summed E-state index contributed by atoms with van der Waals surface area (Å²) in [6, 6.07) is 10.1. The monoisotopic (exact) mass is 311 g/mol. The van der Waals surface area contributed by atoms with Crippen LogP contribution in [0.1, 0.15) is 29.8 Å². The van der Waals surface area contributed by atoms with E-state index < -0.39 is 0 Å². The number of rotatable bonds is 2. The molecule has 112 valence electrons. The standard InChI is InChI=1S/C17H17N3OS/c21-16(19-9-5-2-6-10-19)14-15(13-7-3-1-4-8-13)20-11-12-22-17(20)18-14/h1,3-4,7-8,11-12H,2,5-6,9-10H2. The number of hydrogen-bond donors (Lipinski definition) is 0. The molecule has 1 aromatic carbocycles. The first kappa shape index (κ1) is 13.5. The van der Waals surface area contributed by atoms with E-state index in [2.05, 4.69) is 4.98 Å². The molecule has 3 aromatic rings. The van der Waals surface area contributed by atoms with Crippen LogP contribution < -0.4 is 0 Å². The van der Waals surface area contributed by atoms with Crippen molar-refractivity contribution >= 4 is 22.2 Å². The molecule has 0 spiro atoms. The van der Waals surface area contributed by atoms with Gasteiger partial charge in [-0.3, -0.25) is 9.20 Å². The summed E-state index contributed by atoms with van der Waals surface area (Å²) in [4.78, 5) is 20.4. The van der Waals surface area contributed by atoms with Crippen molar-refractivity contribution < 1.29 is 4.79 Å². The molecule has 3 heterocycles. The Kier molecular flexibility index (Phi) is 3.42. The first-order valence-electron chi connectivity index (χ1n) is 7.65. The number of fused-ring (bicyclic) bond motifs is 1. The molecular formula is C17H17N3OS. The average molecular weight is 311 g/mol. The highest BCUT2D eigenvalue weighted by Gasteiger charge is 2.26. The van der Waals surface area contributed by atoms with Crippen LogP contribution >= 0.6 is 11.3 Å². The molecule has 4 rings (SSSR count). The average Bonchev–Trinajstić information content (AvgIpc) is 3.16. The van der Waals surface area contributed by atoms with Gasteiger partial charge >= 0.3 is 0 Å². The molecule has 0 radical (unpaired) electrons. The van der Waals surface area contributed by atoms with E-state index >= 15 is 0 Å². The van der Waals surface area contributed by atoms with Crippen LogP contribution in [0.5, 0.6) is 0 Å². The van der Waals surface area contributed by atoms with Gasteiger partial charge < -0.3 is 4.90 Å². The molecule has 4 nitrogen and oxygen atoms in total. The molecule has 1 aliphatic rings. The zero-order valence-corrected chi connectivity index (χ0v) is 13.1. The third-order valence-electron chi connectivity index (χ3n) is 4.16. The summed E-state index contributed by atoms with van der Waals surface area (Å²) >= 11 is 1.56. The van der Waals surface area contributed by atoms with Gasteiger partial charge in [-0.05, 0) is 19.3 Å². The number of likely N-dealkylation sites (tertiary alicyclic amines) is 1. The summed E-state index contributed by atoms with van der Waals surface area (Å²) in [7, 11) is 0. The fraction of sp³-hybridized carbons (Fsp3) is 0.294. The lowest BCUT2D eigenvalue weighted by Gasteiger charge is -2.26. The Morgan fingerprint density at radius 3 is 2.64 bits per heavy atom. The Labute approximate surface area is 133 Å². The van der Waals surface area contributed by atoms with Crippen molar-refractivity contribution in [2.45, 2.75) is 19.3 Å². The summed E-state index contributed by atoms with van der Waals surface area (Å²) < 4.78 is 2.02. The number of aromatic nitrogens is 2. The fourth-order valence-corrected chi connectivity index (χ4v) is 3.77. The Morgan fingerprint density at radius 2 is 1.86 bits per heavy atom. The Balaban J connectivity index is 1.83. The van der Waals surface area contributed by atoms with Gasteiger partial charge in [0.05, 0.1) is 5.69 Å². The maximum Gasteiger partial charge on any atom is 0.274 e. The predicted octanol–water partition coefficient (Wildman–Crippen LogP) is 3.69. The SMILES string of the molecule is O=C(c1nc2sccn2c1-c1ccccc1)N1CCCCC1. The minimum absolute atomic E-state index is 0.0643. The minimum atomic E-state index is 0.0643. The van der Waals surface area contributed by atoms with Gasteiger partial charge in [0, 0.05) is 30.2 Å². The molecule has 2 aromatic heterocycles.